The van der Waals surface area contributed by atoms with Gasteiger partial charge in [-0.1, -0.05) is 6.07 Å². The number of nitrogens with two attached hydrogens (primary N) is 1. The first kappa shape index (κ1) is 10.8. The monoisotopic (exact) mass is 271 g/mol. The summed E-state index contributed by atoms with van der Waals surface area (Å²) in [5.41, 5.74) is 6.44. The van der Waals surface area contributed by atoms with E-state index in [1.165, 1.54) is 0 Å². The van der Waals surface area contributed by atoms with Crippen LogP contribution in [-0.4, -0.2) is 19.3 Å². The van der Waals surface area contributed by atoms with Gasteiger partial charge in [-0.05, 0) is 40.9 Å². The van der Waals surface area contributed by atoms with Crippen LogP contribution in [0.4, 0.5) is 5.69 Å². The summed E-state index contributed by atoms with van der Waals surface area (Å²) in [6, 6.07) is 5.61. The third-order valence-electron chi connectivity index (χ3n) is 2.44. The normalized spacial score (nSPS) is 20.5. The van der Waals surface area contributed by atoms with Crippen molar-refractivity contribution in [3.8, 4) is 5.75 Å². The fourth-order valence-corrected chi connectivity index (χ4v) is 1.98. The van der Waals surface area contributed by atoms with Crippen molar-refractivity contribution in [2.24, 2.45) is 0 Å². The summed E-state index contributed by atoms with van der Waals surface area (Å²) in [5.74, 6) is 0.783. The molecule has 1 aliphatic rings. The van der Waals surface area contributed by atoms with Crippen molar-refractivity contribution >= 4 is 21.6 Å². The van der Waals surface area contributed by atoms with Crippen molar-refractivity contribution < 1.29 is 9.47 Å². The minimum absolute atomic E-state index is 0.235. The van der Waals surface area contributed by atoms with Crippen LogP contribution in [0.5, 0.6) is 5.75 Å². The van der Waals surface area contributed by atoms with Gasteiger partial charge < -0.3 is 15.2 Å². The van der Waals surface area contributed by atoms with Crippen LogP contribution in [0.3, 0.4) is 0 Å². The maximum Gasteiger partial charge on any atom is 0.135 e. The van der Waals surface area contributed by atoms with Gasteiger partial charge in [0, 0.05) is 12.3 Å². The maximum atomic E-state index is 5.75. The third-order valence-corrected chi connectivity index (χ3v) is 3.29. The minimum atomic E-state index is 0.235. The molecule has 0 spiro atoms. The van der Waals surface area contributed by atoms with Crippen molar-refractivity contribution in [1.29, 1.82) is 0 Å². The van der Waals surface area contributed by atoms with Crippen molar-refractivity contribution in [3.05, 3.63) is 22.7 Å². The molecule has 1 heterocycles. The van der Waals surface area contributed by atoms with Gasteiger partial charge in [-0.3, -0.25) is 0 Å². The first-order valence-electron chi connectivity index (χ1n) is 5.06. The van der Waals surface area contributed by atoms with E-state index >= 15 is 0 Å². The Morgan fingerprint density at radius 2 is 2.40 bits per heavy atom. The second kappa shape index (κ2) is 4.86. The van der Waals surface area contributed by atoms with Gasteiger partial charge in [-0.15, -0.1) is 0 Å². The second-order valence-electron chi connectivity index (χ2n) is 3.61. The van der Waals surface area contributed by atoms with Crippen LogP contribution in [-0.2, 0) is 4.74 Å². The van der Waals surface area contributed by atoms with Crippen LogP contribution in [0.25, 0.3) is 0 Å². The Morgan fingerprint density at radius 1 is 1.53 bits per heavy atom. The number of rotatable bonds is 3. The summed E-state index contributed by atoms with van der Waals surface area (Å²) in [7, 11) is 0. The molecule has 82 valence electrons. The highest BCUT2D eigenvalue weighted by molar-refractivity contribution is 9.10. The number of nitrogen functional groups attached to an aromatic ring is 1. The molecule has 0 radical (unpaired) electrons. The number of hydrogen-bond acceptors (Lipinski definition) is 3. The molecule has 0 saturated carbocycles. The van der Waals surface area contributed by atoms with E-state index < -0.39 is 0 Å². The largest absolute Gasteiger partial charge is 0.490 e. The highest BCUT2D eigenvalue weighted by Gasteiger charge is 2.16. The Balaban J connectivity index is 1.95. The van der Waals surface area contributed by atoms with Crippen LogP contribution >= 0.6 is 15.9 Å². The molecule has 0 bridgehead atoms. The Morgan fingerprint density at radius 3 is 3.13 bits per heavy atom. The van der Waals surface area contributed by atoms with E-state index in [2.05, 4.69) is 15.9 Å². The summed E-state index contributed by atoms with van der Waals surface area (Å²) in [6.45, 7) is 1.45. The van der Waals surface area contributed by atoms with Gasteiger partial charge in [0.2, 0.25) is 0 Å². The van der Waals surface area contributed by atoms with Crippen LogP contribution in [0.15, 0.2) is 22.7 Å². The minimum Gasteiger partial charge on any atom is -0.490 e. The molecule has 1 saturated heterocycles. The lowest BCUT2D eigenvalue weighted by atomic mass is 10.2. The Kier molecular flexibility index (Phi) is 3.49. The number of anilines is 1. The summed E-state index contributed by atoms with van der Waals surface area (Å²) in [4.78, 5) is 0. The zero-order chi connectivity index (χ0) is 10.7. The van der Waals surface area contributed by atoms with Crippen molar-refractivity contribution in [2.75, 3.05) is 18.9 Å². The standard InChI is InChI=1S/C11H14BrNO2/c12-11-9(13)4-1-5-10(11)15-7-8-3-2-6-14-8/h1,4-5,8H,2-3,6-7,13H2. The first-order chi connectivity index (χ1) is 7.27. The van der Waals surface area contributed by atoms with Crippen LogP contribution in [0, 0.1) is 0 Å². The van der Waals surface area contributed by atoms with Crippen LogP contribution < -0.4 is 10.5 Å². The summed E-state index contributed by atoms with van der Waals surface area (Å²) in [6.07, 6.45) is 2.45. The van der Waals surface area contributed by atoms with E-state index in [9.17, 15) is 0 Å². The second-order valence-corrected chi connectivity index (χ2v) is 4.40. The van der Waals surface area contributed by atoms with Gasteiger partial charge in [0.05, 0.1) is 10.6 Å². The van der Waals surface area contributed by atoms with E-state index in [1.807, 2.05) is 18.2 Å². The molecule has 0 aliphatic carbocycles. The Bertz CT molecular complexity index is 337. The molecule has 15 heavy (non-hydrogen) atoms. The average molecular weight is 272 g/mol. The van der Waals surface area contributed by atoms with Crippen molar-refractivity contribution in [3.63, 3.8) is 0 Å². The smallest absolute Gasteiger partial charge is 0.135 e. The number of hydrogen-bond donors (Lipinski definition) is 1. The Labute approximate surface area is 97.7 Å². The summed E-state index contributed by atoms with van der Waals surface area (Å²) in [5, 5.41) is 0. The van der Waals surface area contributed by atoms with Gasteiger partial charge in [0.1, 0.15) is 12.4 Å². The van der Waals surface area contributed by atoms with E-state index in [1.54, 1.807) is 0 Å². The quantitative estimate of drug-likeness (QED) is 0.860. The molecule has 2 N–H and O–H groups in total. The molecular weight excluding hydrogens is 258 g/mol. The first-order valence-corrected chi connectivity index (χ1v) is 5.85. The molecule has 1 aromatic rings. The van der Waals surface area contributed by atoms with E-state index in [4.69, 9.17) is 15.2 Å². The molecule has 1 aliphatic heterocycles. The van der Waals surface area contributed by atoms with Gasteiger partial charge >= 0.3 is 0 Å². The molecule has 1 aromatic carbocycles. The molecule has 0 amide bonds. The zero-order valence-electron chi connectivity index (χ0n) is 8.41. The highest BCUT2D eigenvalue weighted by Crippen LogP contribution is 2.30. The molecule has 2 rings (SSSR count). The molecule has 1 unspecified atom stereocenters. The maximum absolute atomic E-state index is 5.75. The lowest BCUT2D eigenvalue weighted by Gasteiger charge is -2.13. The zero-order valence-corrected chi connectivity index (χ0v) is 10.00. The highest BCUT2D eigenvalue weighted by atomic mass is 79.9. The third kappa shape index (κ3) is 2.63. The number of ether oxygens (including phenoxy) is 2. The summed E-state index contributed by atoms with van der Waals surface area (Å²) < 4.78 is 11.9. The molecule has 1 fully saturated rings. The lowest BCUT2D eigenvalue weighted by molar-refractivity contribution is 0.0677. The Hall–Kier alpha value is -0.740. The SMILES string of the molecule is Nc1cccc(OCC2CCCO2)c1Br. The van der Waals surface area contributed by atoms with Gasteiger partial charge in [-0.25, -0.2) is 0 Å². The summed E-state index contributed by atoms with van der Waals surface area (Å²) >= 11 is 3.40. The topological polar surface area (TPSA) is 44.5 Å². The fourth-order valence-electron chi connectivity index (χ4n) is 1.60. The van der Waals surface area contributed by atoms with Crippen molar-refractivity contribution in [1.82, 2.24) is 0 Å². The predicted octanol–water partition coefficient (Wildman–Crippen LogP) is 2.59. The van der Waals surface area contributed by atoms with Crippen molar-refractivity contribution in [2.45, 2.75) is 18.9 Å². The van der Waals surface area contributed by atoms with Gasteiger partial charge in [0.25, 0.3) is 0 Å². The molecule has 0 aromatic heterocycles. The number of benzene rings is 1. The van der Waals surface area contributed by atoms with E-state index in [0.717, 1.165) is 29.7 Å². The van der Waals surface area contributed by atoms with Gasteiger partial charge in [0.15, 0.2) is 0 Å². The average Bonchev–Trinajstić information content (AvgIpc) is 2.73. The number of halogens is 1. The van der Waals surface area contributed by atoms with Crippen LogP contribution in [0.2, 0.25) is 0 Å². The van der Waals surface area contributed by atoms with Gasteiger partial charge in [-0.2, -0.15) is 0 Å². The fraction of sp³-hybridized carbons (Fsp3) is 0.455. The van der Waals surface area contributed by atoms with Crippen LogP contribution in [0.1, 0.15) is 12.8 Å². The predicted molar refractivity (Wildman–Crippen MR) is 63.0 cm³/mol. The molecular formula is C11H14BrNO2. The van der Waals surface area contributed by atoms with E-state index in [-0.39, 0.29) is 6.10 Å². The molecule has 4 heteroatoms. The van der Waals surface area contributed by atoms with E-state index in [0.29, 0.717) is 12.3 Å². The lowest BCUT2D eigenvalue weighted by Crippen LogP contribution is -2.16. The molecule has 3 nitrogen and oxygen atoms in total. The molecule has 1 atom stereocenters.